The zero-order chi connectivity index (χ0) is 19.6. The molecule has 0 aliphatic heterocycles. The van der Waals surface area contributed by atoms with Gasteiger partial charge in [0.25, 0.3) is 5.91 Å². The van der Waals surface area contributed by atoms with E-state index in [2.05, 4.69) is 10.6 Å². The van der Waals surface area contributed by atoms with Gasteiger partial charge in [-0.3, -0.25) is 14.4 Å². The van der Waals surface area contributed by atoms with Crippen LogP contribution in [0.5, 0.6) is 0 Å². The molecule has 0 unspecified atom stereocenters. The number of amides is 2. The lowest BCUT2D eigenvalue weighted by Gasteiger charge is -2.08. The highest BCUT2D eigenvalue weighted by molar-refractivity contribution is 6.33. The van der Waals surface area contributed by atoms with E-state index >= 15 is 0 Å². The van der Waals surface area contributed by atoms with Gasteiger partial charge in [0.2, 0.25) is 5.91 Å². The summed E-state index contributed by atoms with van der Waals surface area (Å²) < 4.78 is 4.89. The van der Waals surface area contributed by atoms with Gasteiger partial charge in [-0.2, -0.15) is 0 Å². The van der Waals surface area contributed by atoms with E-state index in [0.717, 1.165) is 0 Å². The van der Waals surface area contributed by atoms with Crippen LogP contribution in [0.25, 0.3) is 0 Å². The second-order valence-electron chi connectivity index (χ2n) is 5.60. The Hall–Kier alpha value is -2.57. The molecule has 0 aromatic heterocycles. The maximum absolute atomic E-state index is 11.8. The molecule has 27 heavy (non-hydrogen) atoms. The Morgan fingerprint density at radius 2 is 1.56 bits per heavy atom. The Morgan fingerprint density at radius 3 is 2.26 bits per heavy atom. The smallest absolute Gasteiger partial charge is 0.306 e. The molecular formula is C19H18Cl2N2O4. The highest BCUT2D eigenvalue weighted by Crippen LogP contribution is 2.20. The zero-order valence-electron chi connectivity index (χ0n) is 14.3. The molecule has 2 aromatic carbocycles. The van der Waals surface area contributed by atoms with Gasteiger partial charge < -0.3 is 15.4 Å². The number of para-hydroxylation sites is 1. The van der Waals surface area contributed by atoms with Gasteiger partial charge in [0, 0.05) is 23.6 Å². The van der Waals surface area contributed by atoms with Crippen LogP contribution in [0.4, 0.5) is 11.4 Å². The quantitative estimate of drug-likeness (QED) is 0.638. The third-order valence-electron chi connectivity index (χ3n) is 3.42. The minimum Gasteiger partial charge on any atom is -0.456 e. The number of carbonyl (C=O) groups excluding carboxylic acids is 3. The fourth-order valence-electron chi connectivity index (χ4n) is 2.12. The molecule has 0 bridgehead atoms. The largest absolute Gasteiger partial charge is 0.456 e. The number of carbonyl (C=O) groups is 3. The van der Waals surface area contributed by atoms with Gasteiger partial charge in [0.15, 0.2) is 6.61 Å². The minimum absolute atomic E-state index is 0.0351. The molecule has 2 rings (SSSR count). The summed E-state index contributed by atoms with van der Waals surface area (Å²) in [4.78, 5) is 35.2. The maximum atomic E-state index is 11.8. The SMILES string of the molecule is O=C(CCCC(=O)OCC(=O)Nc1ccccc1Cl)Nc1ccc(Cl)cc1. The van der Waals surface area contributed by atoms with Gasteiger partial charge in [-0.1, -0.05) is 35.3 Å². The first kappa shape index (κ1) is 20.7. The second kappa shape index (κ2) is 10.5. The first-order valence-electron chi connectivity index (χ1n) is 8.19. The normalized spacial score (nSPS) is 10.1. The molecule has 0 heterocycles. The first-order valence-corrected chi connectivity index (χ1v) is 8.95. The molecule has 0 aliphatic carbocycles. The van der Waals surface area contributed by atoms with Gasteiger partial charge in [0.1, 0.15) is 0 Å². The lowest BCUT2D eigenvalue weighted by atomic mass is 10.2. The van der Waals surface area contributed by atoms with Crippen LogP contribution in [0.15, 0.2) is 48.5 Å². The Morgan fingerprint density at radius 1 is 0.852 bits per heavy atom. The van der Waals surface area contributed by atoms with Gasteiger partial charge in [-0.25, -0.2) is 0 Å². The van der Waals surface area contributed by atoms with Crippen LogP contribution in [0.3, 0.4) is 0 Å². The van der Waals surface area contributed by atoms with Crippen LogP contribution >= 0.6 is 23.2 Å². The van der Waals surface area contributed by atoms with Gasteiger partial charge in [-0.05, 0) is 42.8 Å². The van der Waals surface area contributed by atoms with Crippen molar-refractivity contribution in [2.75, 3.05) is 17.2 Å². The van der Waals surface area contributed by atoms with Crippen LogP contribution in [0.2, 0.25) is 10.0 Å². The fraction of sp³-hybridized carbons (Fsp3) is 0.211. The monoisotopic (exact) mass is 408 g/mol. The number of benzene rings is 2. The number of rotatable bonds is 8. The van der Waals surface area contributed by atoms with E-state index < -0.39 is 18.5 Å². The predicted octanol–water partition coefficient (Wildman–Crippen LogP) is 4.28. The van der Waals surface area contributed by atoms with Crippen LogP contribution in [-0.4, -0.2) is 24.4 Å². The average Bonchev–Trinajstić information content (AvgIpc) is 2.64. The third-order valence-corrected chi connectivity index (χ3v) is 4.01. The molecule has 2 amide bonds. The summed E-state index contributed by atoms with van der Waals surface area (Å²) in [6.45, 7) is -0.416. The summed E-state index contributed by atoms with van der Waals surface area (Å²) in [6, 6.07) is 13.5. The molecule has 0 spiro atoms. The van der Waals surface area contributed by atoms with E-state index in [1.54, 1.807) is 48.5 Å². The standard InChI is InChI=1S/C19H18Cl2N2O4/c20-13-8-10-14(11-9-13)22-17(24)6-3-7-19(26)27-12-18(25)23-16-5-2-1-4-15(16)21/h1-2,4-5,8-11H,3,6-7,12H2,(H,22,24)(H,23,25). The van der Waals surface area contributed by atoms with Crippen molar-refractivity contribution in [2.45, 2.75) is 19.3 Å². The van der Waals surface area contributed by atoms with Gasteiger partial charge in [-0.15, -0.1) is 0 Å². The highest BCUT2D eigenvalue weighted by Gasteiger charge is 2.10. The van der Waals surface area contributed by atoms with Crippen LogP contribution in [0, 0.1) is 0 Å². The number of anilines is 2. The molecule has 0 aliphatic rings. The molecule has 8 heteroatoms. The summed E-state index contributed by atoms with van der Waals surface area (Å²) in [5, 5.41) is 6.22. The molecule has 142 valence electrons. The summed E-state index contributed by atoms with van der Waals surface area (Å²) in [5.74, 6) is -1.26. The second-order valence-corrected chi connectivity index (χ2v) is 6.44. The van der Waals surface area contributed by atoms with Crippen molar-refractivity contribution in [3.8, 4) is 0 Å². The maximum Gasteiger partial charge on any atom is 0.306 e. The van der Waals surface area contributed by atoms with Crippen molar-refractivity contribution in [3.05, 3.63) is 58.6 Å². The molecule has 0 saturated heterocycles. The Balaban J connectivity index is 1.63. The van der Waals surface area contributed by atoms with E-state index in [0.29, 0.717) is 27.8 Å². The molecule has 0 saturated carbocycles. The number of hydrogen-bond acceptors (Lipinski definition) is 4. The van der Waals surface area contributed by atoms with E-state index in [1.807, 2.05) is 0 Å². The molecular weight excluding hydrogens is 391 g/mol. The third kappa shape index (κ3) is 7.68. The van der Waals surface area contributed by atoms with Crippen LogP contribution < -0.4 is 10.6 Å². The van der Waals surface area contributed by atoms with Crippen molar-refractivity contribution < 1.29 is 19.1 Å². The highest BCUT2D eigenvalue weighted by atomic mass is 35.5. The topological polar surface area (TPSA) is 84.5 Å². The molecule has 2 aromatic rings. The van der Waals surface area contributed by atoms with Crippen molar-refractivity contribution >= 4 is 52.4 Å². The number of halogens is 2. The van der Waals surface area contributed by atoms with Crippen molar-refractivity contribution in [1.29, 1.82) is 0 Å². The number of nitrogens with one attached hydrogen (secondary N) is 2. The minimum atomic E-state index is -0.552. The summed E-state index contributed by atoms with van der Waals surface area (Å²) in [5.41, 5.74) is 1.07. The number of ether oxygens (including phenoxy) is 1. The Labute approximate surface area is 166 Å². The molecule has 0 radical (unpaired) electrons. The Bertz CT molecular complexity index is 810. The van der Waals surface area contributed by atoms with Crippen LogP contribution in [0.1, 0.15) is 19.3 Å². The lowest BCUT2D eigenvalue weighted by molar-refractivity contribution is -0.147. The van der Waals surface area contributed by atoms with E-state index in [-0.39, 0.29) is 18.7 Å². The number of esters is 1. The predicted molar refractivity (Wildman–Crippen MR) is 105 cm³/mol. The molecule has 6 nitrogen and oxygen atoms in total. The molecule has 0 atom stereocenters. The summed E-state index contributed by atoms with van der Waals surface area (Å²) in [7, 11) is 0. The number of hydrogen-bond donors (Lipinski definition) is 2. The summed E-state index contributed by atoms with van der Waals surface area (Å²) in [6.07, 6.45) is 0.501. The van der Waals surface area contributed by atoms with E-state index in [1.165, 1.54) is 0 Å². The summed E-state index contributed by atoms with van der Waals surface area (Å²) >= 11 is 11.7. The van der Waals surface area contributed by atoms with Gasteiger partial charge in [0.05, 0.1) is 10.7 Å². The van der Waals surface area contributed by atoms with Crippen molar-refractivity contribution in [2.24, 2.45) is 0 Å². The van der Waals surface area contributed by atoms with Crippen molar-refractivity contribution in [1.82, 2.24) is 0 Å². The van der Waals surface area contributed by atoms with Crippen LogP contribution in [-0.2, 0) is 19.1 Å². The zero-order valence-corrected chi connectivity index (χ0v) is 15.8. The van der Waals surface area contributed by atoms with Gasteiger partial charge >= 0.3 is 5.97 Å². The molecule has 0 fully saturated rings. The first-order chi connectivity index (χ1) is 12.9. The lowest BCUT2D eigenvalue weighted by Crippen LogP contribution is -2.21. The molecule has 2 N–H and O–H groups in total. The average molecular weight is 409 g/mol. The Kier molecular flexibility index (Phi) is 8.10. The van der Waals surface area contributed by atoms with E-state index in [4.69, 9.17) is 27.9 Å². The fourth-order valence-corrected chi connectivity index (χ4v) is 2.43. The van der Waals surface area contributed by atoms with Crippen molar-refractivity contribution in [3.63, 3.8) is 0 Å². The van der Waals surface area contributed by atoms with E-state index in [9.17, 15) is 14.4 Å².